The minimum Gasteiger partial charge on any atom is -0.457 e. The molecule has 2 aromatic heterocycles. The number of furan rings is 2. The van der Waals surface area contributed by atoms with Crippen molar-refractivity contribution in [2.75, 3.05) is 6.79 Å². The van der Waals surface area contributed by atoms with Gasteiger partial charge in [-0.25, -0.2) is 0 Å². The lowest BCUT2D eigenvalue weighted by atomic mass is 9.94. The molecule has 4 heteroatoms. The van der Waals surface area contributed by atoms with Gasteiger partial charge in [-0.2, -0.15) is 0 Å². The lowest BCUT2D eigenvalue weighted by Crippen LogP contribution is -2.03. The molecule has 4 nitrogen and oxygen atoms in total. The Bertz CT molecular complexity index is 2300. The van der Waals surface area contributed by atoms with Crippen LogP contribution in [0.1, 0.15) is 0 Å². The molecule has 3 heterocycles. The number of rotatable bonds is 2. The highest BCUT2D eigenvalue weighted by Gasteiger charge is 2.21. The Morgan fingerprint density at radius 3 is 1.63 bits per heavy atom. The first-order valence-electron chi connectivity index (χ1n) is 13.7. The van der Waals surface area contributed by atoms with E-state index in [2.05, 4.69) is 78.9 Å². The zero-order valence-electron chi connectivity index (χ0n) is 21.9. The molecule has 6 aromatic carbocycles. The van der Waals surface area contributed by atoms with E-state index in [-0.39, 0.29) is 6.79 Å². The van der Waals surface area contributed by atoms with Gasteiger partial charge < -0.3 is 18.3 Å². The standard InChI is InChI=1S/C37H22O4/c1-3-13-33-26(7-1)29-11-5-9-24(36(29)40-33)22-16-18-32-31(19-22)28-17-15-23(20-35(28)39-21-38-32)25-10-6-12-30-27-8-2-4-14-34(27)41-37(25)30/h1-20H,21H2. The van der Waals surface area contributed by atoms with Gasteiger partial charge >= 0.3 is 0 Å². The summed E-state index contributed by atoms with van der Waals surface area (Å²) in [6, 6.07) is 41.5. The summed E-state index contributed by atoms with van der Waals surface area (Å²) in [6.07, 6.45) is 0. The third-order valence-electron chi connectivity index (χ3n) is 8.11. The molecule has 0 fully saturated rings. The Labute approximate surface area is 235 Å². The van der Waals surface area contributed by atoms with Crippen molar-refractivity contribution in [2.45, 2.75) is 0 Å². The number of para-hydroxylation sites is 4. The molecule has 0 aliphatic carbocycles. The maximum atomic E-state index is 6.33. The minimum absolute atomic E-state index is 0.136. The summed E-state index contributed by atoms with van der Waals surface area (Å²) in [6.45, 7) is 0.136. The zero-order chi connectivity index (χ0) is 26.9. The molecule has 9 rings (SSSR count). The highest BCUT2D eigenvalue weighted by Crippen LogP contribution is 2.45. The first-order chi connectivity index (χ1) is 20.3. The smallest absolute Gasteiger partial charge is 0.230 e. The number of ether oxygens (including phenoxy) is 2. The molecule has 1 aliphatic heterocycles. The van der Waals surface area contributed by atoms with Gasteiger partial charge in [0.05, 0.1) is 0 Å². The molecule has 0 amide bonds. The normalized spacial score (nSPS) is 12.7. The van der Waals surface area contributed by atoms with Gasteiger partial charge in [-0.3, -0.25) is 0 Å². The highest BCUT2D eigenvalue weighted by atomic mass is 16.7. The van der Waals surface area contributed by atoms with E-state index >= 15 is 0 Å². The van der Waals surface area contributed by atoms with Crippen LogP contribution in [0.25, 0.3) is 77.3 Å². The quantitative estimate of drug-likeness (QED) is 0.223. The van der Waals surface area contributed by atoms with Gasteiger partial charge in [0, 0.05) is 43.8 Å². The van der Waals surface area contributed by atoms with Crippen LogP contribution in [-0.4, -0.2) is 6.79 Å². The highest BCUT2D eigenvalue weighted by molar-refractivity contribution is 6.11. The second-order valence-electron chi connectivity index (χ2n) is 10.4. The predicted molar refractivity (Wildman–Crippen MR) is 163 cm³/mol. The maximum absolute atomic E-state index is 6.33. The number of fused-ring (bicyclic) bond motifs is 9. The third-order valence-corrected chi connectivity index (χ3v) is 8.11. The van der Waals surface area contributed by atoms with Crippen molar-refractivity contribution >= 4 is 43.9 Å². The fraction of sp³-hybridized carbons (Fsp3) is 0.0270. The molecule has 0 saturated carbocycles. The van der Waals surface area contributed by atoms with E-state index in [0.29, 0.717) is 0 Å². The van der Waals surface area contributed by atoms with Gasteiger partial charge in [-0.15, -0.1) is 0 Å². The number of hydrogen-bond acceptors (Lipinski definition) is 4. The van der Waals surface area contributed by atoms with Crippen LogP contribution in [0.2, 0.25) is 0 Å². The summed E-state index contributed by atoms with van der Waals surface area (Å²) in [4.78, 5) is 0. The molecule has 0 unspecified atom stereocenters. The molecule has 194 valence electrons. The van der Waals surface area contributed by atoms with E-state index in [1.165, 1.54) is 0 Å². The summed E-state index contributed by atoms with van der Waals surface area (Å²) < 4.78 is 24.8. The lowest BCUT2D eigenvalue weighted by molar-refractivity contribution is 0.125. The Balaban J connectivity index is 1.19. The van der Waals surface area contributed by atoms with Crippen LogP contribution in [-0.2, 0) is 0 Å². The fourth-order valence-electron chi connectivity index (χ4n) is 6.17. The molecular weight excluding hydrogens is 508 g/mol. The molecule has 1 aliphatic rings. The molecule has 0 bridgehead atoms. The van der Waals surface area contributed by atoms with Crippen molar-refractivity contribution in [3.63, 3.8) is 0 Å². The SMILES string of the molecule is c1ccc2c(c1)oc1c(-c3ccc4c(c3)OCOc3ccc(-c5cccc6c5oc5ccccc56)cc3-4)cccc12. The van der Waals surface area contributed by atoms with Crippen LogP contribution in [0, 0.1) is 0 Å². The average molecular weight is 531 g/mol. The third kappa shape index (κ3) is 3.34. The molecule has 0 N–H and O–H groups in total. The first-order valence-corrected chi connectivity index (χ1v) is 13.7. The largest absolute Gasteiger partial charge is 0.457 e. The van der Waals surface area contributed by atoms with Crippen molar-refractivity contribution in [2.24, 2.45) is 0 Å². The molecule has 0 spiro atoms. The second-order valence-corrected chi connectivity index (χ2v) is 10.4. The van der Waals surface area contributed by atoms with E-state index in [0.717, 1.165) is 88.8 Å². The summed E-state index contributed by atoms with van der Waals surface area (Å²) in [5, 5.41) is 4.45. The monoisotopic (exact) mass is 530 g/mol. The van der Waals surface area contributed by atoms with Gasteiger partial charge in [0.15, 0.2) is 0 Å². The molecular formula is C37H22O4. The topological polar surface area (TPSA) is 44.7 Å². The number of benzene rings is 6. The Morgan fingerprint density at radius 1 is 0.390 bits per heavy atom. The Morgan fingerprint density at radius 2 is 0.951 bits per heavy atom. The van der Waals surface area contributed by atoms with Crippen molar-refractivity contribution in [1.82, 2.24) is 0 Å². The summed E-state index contributed by atoms with van der Waals surface area (Å²) in [5.74, 6) is 1.56. The Hall–Kier alpha value is -5.48. The van der Waals surface area contributed by atoms with Gasteiger partial charge in [0.25, 0.3) is 0 Å². The van der Waals surface area contributed by atoms with Gasteiger partial charge in [0.1, 0.15) is 33.8 Å². The van der Waals surface area contributed by atoms with Crippen LogP contribution >= 0.6 is 0 Å². The van der Waals surface area contributed by atoms with Crippen molar-refractivity contribution in [3.8, 4) is 44.9 Å². The molecule has 0 atom stereocenters. The molecule has 8 aromatic rings. The number of hydrogen-bond donors (Lipinski definition) is 0. The first kappa shape index (κ1) is 22.3. The molecule has 41 heavy (non-hydrogen) atoms. The van der Waals surface area contributed by atoms with E-state index in [9.17, 15) is 0 Å². The van der Waals surface area contributed by atoms with Crippen LogP contribution in [0.15, 0.2) is 130 Å². The van der Waals surface area contributed by atoms with Gasteiger partial charge in [-0.1, -0.05) is 84.9 Å². The Kier molecular flexibility index (Phi) is 4.64. The predicted octanol–water partition coefficient (Wildman–Crippen LogP) is 10.2. The maximum Gasteiger partial charge on any atom is 0.230 e. The minimum atomic E-state index is 0.136. The van der Waals surface area contributed by atoms with Crippen LogP contribution < -0.4 is 9.47 Å². The second kappa shape index (κ2) is 8.51. The van der Waals surface area contributed by atoms with Gasteiger partial charge in [-0.05, 0) is 47.5 Å². The van der Waals surface area contributed by atoms with Crippen LogP contribution in [0.3, 0.4) is 0 Å². The van der Waals surface area contributed by atoms with E-state index in [1.807, 2.05) is 42.5 Å². The zero-order valence-corrected chi connectivity index (χ0v) is 21.9. The van der Waals surface area contributed by atoms with Crippen LogP contribution in [0.5, 0.6) is 11.5 Å². The summed E-state index contributed by atoms with van der Waals surface area (Å²) in [5.41, 5.74) is 9.65. The summed E-state index contributed by atoms with van der Waals surface area (Å²) >= 11 is 0. The van der Waals surface area contributed by atoms with Crippen molar-refractivity contribution < 1.29 is 18.3 Å². The lowest BCUT2D eigenvalue weighted by Gasteiger charge is -2.12. The van der Waals surface area contributed by atoms with Crippen molar-refractivity contribution in [1.29, 1.82) is 0 Å². The van der Waals surface area contributed by atoms with Crippen LogP contribution in [0.4, 0.5) is 0 Å². The fourth-order valence-corrected chi connectivity index (χ4v) is 6.17. The van der Waals surface area contributed by atoms with E-state index in [1.54, 1.807) is 0 Å². The van der Waals surface area contributed by atoms with E-state index in [4.69, 9.17) is 18.3 Å². The molecule has 0 saturated heterocycles. The molecule has 0 radical (unpaired) electrons. The summed E-state index contributed by atoms with van der Waals surface area (Å²) in [7, 11) is 0. The average Bonchev–Trinajstić information content (AvgIpc) is 3.54. The van der Waals surface area contributed by atoms with Crippen molar-refractivity contribution in [3.05, 3.63) is 121 Å². The van der Waals surface area contributed by atoms with Gasteiger partial charge in [0.2, 0.25) is 6.79 Å². The van der Waals surface area contributed by atoms with E-state index < -0.39 is 0 Å².